The predicted octanol–water partition coefficient (Wildman–Crippen LogP) is 2.80. The minimum absolute atomic E-state index is 0.176. The molecule has 2 aromatic rings. The van der Waals surface area contributed by atoms with Gasteiger partial charge in [-0.1, -0.05) is 18.2 Å². The summed E-state index contributed by atoms with van der Waals surface area (Å²) in [4.78, 5) is 25.8. The van der Waals surface area contributed by atoms with E-state index in [2.05, 4.69) is 5.32 Å². The Morgan fingerprint density at radius 2 is 1.75 bits per heavy atom. The monoisotopic (exact) mass is 324 g/mol. The average Bonchev–Trinajstić information content (AvgIpc) is 2.89. The molecule has 2 aromatic carbocycles. The van der Waals surface area contributed by atoms with Crippen molar-refractivity contribution in [1.82, 2.24) is 5.32 Å². The lowest BCUT2D eigenvalue weighted by atomic mass is 10.1. The lowest BCUT2D eigenvalue weighted by molar-refractivity contribution is -0.113. The molecule has 1 aliphatic heterocycles. The first kappa shape index (κ1) is 15.6. The summed E-state index contributed by atoms with van der Waals surface area (Å²) in [6.45, 7) is 0. The quantitative estimate of drug-likeness (QED) is 0.694. The van der Waals surface area contributed by atoms with Crippen LogP contribution in [0.1, 0.15) is 5.56 Å². The molecule has 1 fully saturated rings. The number of hydrogen-bond donors (Lipinski definition) is 1. The molecule has 1 saturated heterocycles. The number of urea groups is 1. The average molecular weight is 324 g/mol. The van der Waals surface area contributed by atoms with Gasteiger partial charge in [0.25, 0.3) is 5.91 Å². The Kier molecular flexibility index (Phi) is 4.20. The topological polar surface area (TPSA) is 67.9 Å². The number of rotatable bonds is 4. The molecule has 24 heavy (non-hydrogen) atoms. The Labute approximate surface area is 139 Å². The van der Waals surface area contributed by atoms with Crippen molar-refractivity contribution in [3.05, 3.63) is 59.8 Å². The molecule has 0 aliphatic carbocycles. The molecule has 0 saturated carbocycles. The molecule has 6 nitrogen and oxygen atoms in total. The Morgan fingerprint density at radius 3 is 2.42 bits per heavy atom. The van der Waals surface area contributed by atoms with Gasteiger partial charge in [0.05, 0.1) is 19.9 Å². The van der Waals surface area contributed by atoms with Crippen molar-refractivity contribution in [3.8, 4) is 11.5 Å². The summed E-state index contributed by atoms with van der Waals surface area (Å²) >= 11 is 0. The van der Waals surface area contributed by atoms with Crippen LogP contribution in [-0.2, 0) is 4.79 Å². The summed E-state index contributed by atoms with van der Waals surface area (Å²) in [6.07, 6.45) is 1.57. The molecule has 0 bridgehead atoms. The molecule has 0 spiro atoms. The van der Waals surface area contributed by atoms with Crippen LogP contribution in [0.2, 0.25) is 0 Å². The number of nitrogens with zero attached hydrogens (tertiary/aromatic N) is 1. The van der Waals surface area contributed by atoms with E-state index in [0.29, 0.717) is 22.7 Å². The highest BCUT2D eigenvalue weighted by molar-refractivity contribution is 6.28. The largest absolute Gasteiger partial charge is 0.497 e. The van der Waals surface area contributed by atoms with E-state index in [0.717, 1.165) is 4.90 Å². The van der Waals surface area contributed by atoms with Gasteiger partial charge in [0.1, 0.15) is 17.2 Å². The molecule has 1 heterocycles. The van der Waals surface area contributed by atoms with E-state index in [1.165, 1.54) is 7.11 Å². The SMILES string of the molecule is COc1ccc(OC)c(/C=C2/NC(=O)N(c3ccccc3)C2=O)c1. The van der Waals surface area contributed by atoms with Crippen molar-refractivity contribution in [2.75, 3.05) is 19.1 Å². The Hall–Kier alpha value is -3.28. The fourth-order valence-electron chi connectivity index (χ4n) is 2.45. The van der Waals surface area contributed by atoms with E-state index in [1.54, 1.807) is 55.7 Å². The fourth-order valence-corrected chi connectivity index (χ4v) is 2.45. The zero-order chi connectivity index (χ0) is 17.1. The Bertz CT molecular complexity index is 815. The first-order valence-corrected chi connectivity index (χ1v) is 7.28. The van der Waals surface area contributed by atoms with Gasteiger partial charge in [0.2, 0.25) is 0 Å². The highest BCUT2D eigenvalue weighted by atomic mass is 16.5. The van der Waals surface area contributed by atoms with Crippen LogP contribution in [0.3, 0.4) is 0 Å². The summed E-state index contributed by atoms with van der Waals surface area (Å²) in [5, 5.41) is 2.59. The summed E-state index contributed by atoms with van der Waals surface area (Å²) in [7, 11) is 3.09. The minimum Gasteiger partial charge on any atom is -0.497 e. The van der Waals surface area contributed by atoms with Gasteiger partial charge in [-0.3, -0.25) is 4.79 Å². The van der Waals surface area contributed by atoms with E-state index in [4.69, 9.17) is 9.47 Å². The van der Waals surface area contributed by atoms with Crippen LogP contribution >= 0.6 is 0 Å². The standard InChI is InChI=1S/C18H16N2O4/c1-23-14-8-9-16(24-2)12(10-14)11-15-17(21)20(18(22)19-15)13-6-4-3-5-7-13/h3-11H,1-2H3,(H,19,22)/b15-11+. The number of amides is 3. The second kappa shape index (κ2) is 6.45. The maximum atomic E-state index is 12.6. The Balaban J connectivity index is 1.98. The molecule has 0 unspecified atom stereocenters. The van der Waals surface area contributed by atoms with E-state index in [-0.39, 0.29) is 5.70 Å². The van der Waals surface area contributed by atoms with E-state index in [1.807, 2.05) is 6.07 Å². The van der Waals surface area contributed by atoms with Gasteiger partial charge < -0.3 is 14.8 Å². The molecule has 6 heteroatoms. The molecule has 3 amide bonds. The van der Waals surface area contributed by atoms with Crippen molar-refractivity contribution in [2.45, 2.75) is 0 Å². The van der Waals surface area contributed by atoms with Crippen molar-refractivity contribution in [2.24, 2.45) is 0 Å². The van der Waals surface area contributed by atoms with Gasteiger partial charge in [0.15, 0.2) is 0 Å². The molecule has 1 N–H and O–H groups in total. The number of carbonyl (C=O) groups excluding carboxylic acids is 2. The van der Waals surface area contributed by atoms with Crippen molar-refractivity contribution < 1.29 is 19.1 Å². The van der Waals surface area contributed by atoms with Gasteiger partial charge in [-0.05, 0) is 36.4 Å². The molecular weight excluding hydrogens is 308 g/mol. The second-order valence-corrected chi connectivity index (χ2v) is 5.07. The molecule has 3 rings (SSSR count). The zero-order valence-corrected chi connectivity index (χ0v) is 13.3. The predicted molar refractivity (Wildman–Crippen MR) is 90.0 cm³/mol. The van der Waals surface area contributed by atoms with Crippen LogP contribution in [-0.4, -0.2) is 26.2 Å². The van der Waals surface area contributed by atoms with E-state index < -0.39 is 11.9 Å². The molecule has 122 valence electrons. The van der Waals surface area contributed by atoms with Gasteiger partial charge in [-0.25, -0.2) is 9.69 Å². The molecule has 0 aromatic heterocycles. The fraction of sp³-hybridized carbons (Fsp3) is 0.111. The summed E-state index contributed by atoms with van der Waals surface area (Å²) in [5.41, 5.74) is 1.33. The second-order valence-electron chi connectivity index (χ2n) is 5.07. The van der Waals surface area contributed by atoms with Crippen LogP contribution < -0.4 is 19.7 Å². The van der Waals surface area contributed by atoms with E-state index >= 15 is 0 Å². The van der Waals surface area contributed by atoms with Crippen LogP contribution in [0.25, 0.3) is 6.08 Å². The summed E-state index contributed by atoms with van der Waals surface area (Å²) in [5.74, 6) is 0.777. The first-order chi connectivity index (χ1) is 11.6. The van der Waals surface area contributed by atoms with Gasteiger partial charge in [0, 0.05) is 5.56 Å². The number of para-hydroxylation sites is 1. The lowest BCUT2D eigenvalue weighted by Crippen LogP contribution is -2.30. The summed E-state index contributed by atoms with van der Waals surface area (Å²) in [6, 6.07) is 13.5. The highest BCUT2D eigenvalue weighted by Gasteiger charge is 2.34. The lowest BCUT2D eigenvalue weighted by Gasteiger charge is -2.11. The van der Waals surface area contributed by atoms with Crippen molar-refractivity contribution in [1.29, 1.82) is 0 Å². The maximum Gasteiger partial charge on any atom is 0.333 e. The van der Waals surface area contributed by atoms with Crippen LogP contribution in [0.15, 0.2) is 54.2 Å². The minimum atomic E-state index is -0.487. The number of anilines is 1. The maximum absolute atomic E-state index is 12.6. The van der Waals surface area contributed by atoms with Crippen molar-refractivity contribution >= 4 is 23.7 Å². The number of hydrogen-bond acceptors (Lipinski definition) is 4. The molecule has 0 radical (unpaired) electrons. The molecule has 1 aliphatic rings. The third-order valence-corrected chi connectivity index (χ3v) is 3.63. The Morgan fingerprint density at radius 1 is 1.00 bits per heavy atom. The van der Waals surface area contributed by atoms with Crippen LogP contribution in [0.5, 0.6) is 11.5 Å². The van der Waals surface area contributed by atoms with E-state index in [9.17, 15) is 9.59 Å². The van der Waals surface area contributed by atoms with Crippen molar-refractivity contribution in [3.63, 3.8) is 0 Å². The zero-order valence-electron chi connectivity index (χ0n) is 13.3. The normalized spacial score (nSPS) is 15.6. The third-order valence-electron chi connectivity index (χ3n) is 3.63. The van der Waals surface area contributed by atoms with Gasteiger partial charge in [-0.2, -0.15) is 0 Å². The number of nitrogens with one attached hydrogen (secondary N) is 1. The third kappa shape index (κ3) is 2.81. The summed E-state index contributed by atoms with van der Waals surface area (Å²) < 4.78 is 10.5. The van der Waals surface area contributed by atoms with Gasteiger partial charge in [-0.15, -0.1) is 0 Å². The smallest absolute Gasteiger partial charge is 0.333 e. The number of ether oxygens (including phenoxy) is 2. The number of benzene rings is 2. The molecule has 0 atom stereocenters. The highest BCUT2D eigenvalue weighted by Crippen LogP contribution is 2.28. The number of methoxy groups -OCH3 is 2. The number of imide groups is 1. The molecular formula is C18H16N2O4. The van der Waals surface area contributed by atoms with Crippen LogP contribution in [0, 0.1) is 0 Å². The first-order valence-electron chi connectivity index (χ1n) is 7.28. The van der Waals surface area contributed by atoms with Gasteiger partial charge >= 0.3 is 6.03 Å². The van der Waals surface area contributed by atoms with Crippen LogP contribution in [0.4, 0.5) is 10.5 Å². The number of carbonyl (C=O) groups is 2.